The van der Waals surface area contributed by atoms with E-state index in [0.717, 1.165) is 5.56 Å². The molecule has 0 aliphatic heterocycles. The Hall–Kier alpha value is -0.620. The molecule has 0 heterocycles. The van der Waals surface area contributed by atoms with E-state index in [-0.39, 0.29) is 9.92 Å². The Balaban J connectivity index is 3.03. The van der Waals surface area contributed by atoms with E-state index in [1.54, 1.807) is 12.1 Å². The lowest BCUT2D eigenvalue weighted by Crippen LogP contribution is -2.23. The molecule has 0 radical (unpaired) electrons. The number of nitrogens with one attached hydrogen (secondary N) is 2. The van der Waals surface area contributed by atoms with Crippen molar-refractivity contribution in [2.24, 2.45) is 0 Å². The van der Waals surface area contributed by atoms with Crippen molar-refractivity contribution in [2.75, 3.05) is 7.05 Å². The first-order valence-electron chi connectivity index (χ1n) is 5.32. The highest BCUT2D eigenvalue weighted by atomic mass is 35.5. The van der Waals surface area contributed by atoms with Gasteiger partial charge in [-0.3, -0.25) is 0 Å². The highest BCUT2D eigenvalue weighted by Gasteiger charge is 2.16. The average Bonchev–Trinajstić information content (AvgIpc) is 2.27. The first-order chi connectivity index (χ1) is 7.86. The fraction of sp³-hybridized carbons (Fsp3) is 0.455. The quantitative estimate of drug-likeness (QED) is 0.861. The SMILES string of the molecule is CNS(=O)(=O)c1cc(CNC(C)C)ccc1Cl. The van der Waals surface area contributed by atoms with Crippen LogP contribution in [0.4, 0.5) is 0 Å². The third kappa shape index (κ3) is 3.96. The van der Waals surface area contributed by atoms with Crippen LogP contribution in [0.15, 0.2) is 23.1 Å². The van der Waals surface area contributed by atoms with Gasteiger partial charge in [-0.25, -0.2) is 13.1 Å². The van der Waals surface area contributed by atoms with E-state index in [9.17, 15) is 8.42 Å². The zero-order valence-electron chi connectivity index (χ0n) is 10.1. The maximum atomic E-state index is 11.7. The zero-order chi connectivity index (χ0) is 13.1. The van der Waals surface area contributed by atoms with E-state index >= 15 is 0 Å². The van der Waals surface area contributed by atoms with Gasteiger partial charge in [-0.1, -0.05) is 31.5 Å². The van der Waals surface area contributed by atoms with E-state index in [1.807, 2.05) is 19.9 Å². The van der Waals surface area contributed by atoms with Gasteiger partial charge in [0.2, 0.25) is 10.0 Å². The molecule has 0 spiro atoms. The lowest BCUT2D eigenvalue weighted by Gasteiger charge is -2.10. The van der Waals surface area contributed by atoms with Crippen LogP contribution in [0.3, 0.4) is 0 Å². The molecular weight excluding hydrogens is 260 g/mol. The van der Waals surface area contributed by atoms with Crippen molar-refractivity contribution in [3.05, 3.63) is 28.8 Å². The number of rotatable bonds is 5. The van der Waals surface area contributed by atoms with Gasteiger partial charge in [0, 0.05) is 12.6 Å². The Morgan fingerprint density at radius 2 is 2.00 bits per heavy atom. The van der Waals surface area contributed by atoms with Gasteiger partial charge < -0.3 is 5.32 Å². The summed E-state index contributed by atoms with van der Waals surface area (Å²) in [6.07, 6.45) is 0. The van der Waals surface area contributed by atoms with Crippen molar-refractivity contribution in [3.8, 4) is 0 Å². The fourth-order valence-electron chi connectivity index (χ4n) is 1.30. The van der Waals surface area contributed by atoms with Crippen LogP contribution in [-0.4, -0.2) is 21.5 Å². The Bertz CT molecular complexity index is 486. The van der Waals surface area contributed by atoms with E-state index in [0.29, 0.717) is 12.6 Å². The van der Waals surface area contributed by atoms with Crippen molar-refractivity contribution in [1.29, 1.82) is 0 Å². The highest BCUT2D eigenvalue weighted by molar-refractivity contribution is 7.89. The Morgan fingerprint density at radius 3 is 2.53 bits per heavy atom. The van der Waals surface area contributed by atoms with Crippen LogP contribution >= 0.6 is 11.6 Å². The summed E-state index contributed by atoms with van der Waals surface area (Å²) >= 11 is 5.88. The van der Waals surface area contributed by atoms with Gasteiger partial charge in [-0.15, -0.1) is 0 Å². The highest BCUT2D eigenvalue weighted by Crippen LogP contribution is 2.22. The minimum atomic E-state index is -3.50. The van der Waals surface area contributed by atoms with Gasteiger partial charge in [0.25, 0.3) is 0 Å². The molecule has 0 fully saturated rings. The average molecular weight is 277 g/mol. The lowest BCUT2D eigenvalue weighted by atomic mass is 10.2. The zero-order valence-corrected chi connectivity index (χ0v) is 11.7. The van der Waals surface area contributed by atoms with Crippen LogP contribution in [0.25, 0.3) is 0 Å². The Kier molecular flexibility index (Phi) is 4.94. The number of sulfonamides is 1. The maximum absolute atomic E-state index is 11.7. The molecular formula is C11H17ClN2O2S. The molecule has 1 aromatic carbocycles. The predicted octanol–water partition coefficient (Wildman–Crippen LogP) is 1.75. The smallest absolute Gasteiger partial charge is 0.241 e. The van der Waals surface area contributed by atoms with E-state index in [4.69, 9.17) is 11.6 Å². The molecule has 0 saturated heterocycles. The van der Waals surface area contributed by atoms with Gasteiger partial charge in [-0.2, -0.15) is 0 Å². The van der Waals surface area contributed by atoms with Crippen molar-refractivity contribution >= 4 is 21.6 Å². The van der Waals surface area contributed by atoms with Crippen LogP contribution in [0, 0.1) is 0 Å². The maximum Gasteiger partial charge on any atom is 0.241 e. The van der Waals surface area contributed by atoms with Crippen LogP contribution in [0.1, 0.15) is 19.4 Å². The molecule has 0 unspecified atom stereocenters. The molecule has 4 nitrogen and oxygen atoms in total. The second-order valence-electron chi connectivity index (χ2n) is 4.01. The second-order valence-corrected chi connectivity index (χ2v) is 6.27. The van der Waals surface area contributed by atoms with Gasteiger partial charge in [0.1, 0.15) is 4.90 Å². The number of halogens is 1. The predicted molar refractivity (Wildman–Crippen MR) is 69.7 cm³/mol. The van der Waals surface area contributed by atoms with E-state index < -0.39 is 10.0 Å². The summed E-state index contributed by atoms with van der Waals surface area (Å²) in [5.74, 6) is 0. The van der Waals surface area contributed by atoms with Crippen LogP contribution in [0.5, 0.6) is 0 Å². The number of benzene rings is 1. The van der Waals surface area contributed by atoms with Crippen molar-refractivity contribution in [2.45, 2.75) is 31.3 Å². The molecule has 1 rings (SSSR count). The number of hydrogen-bond acceptors (Lipinski definition) is 3. The molecule has 2 N–H and O–H groups in total. The van der Waals surface area contributed by atoms with Gasteiger partial charge in [0.15, 0.2) is 0 Å². The topological polar surface area (TPSA) is 58.2 Å². The summed E-state index contributed by atoms with van der Waals surface area (Å²) in [6, 6.07) is 5.34. The van der Waals surface area contributed by atoms with Gasteiger partial charge >= 0.3 is 0 Å². The Labute approximate surface area is 107 Å². The molecule has 6 heteroatoms. The van der Waals surface area contributed by atoms with E-state index in [1.165, 1.54) is 7.05 Å². The lowest BCUT2D eigenvalue weighted by molar-refractivity contribution is 0.583. The molecule has 0 saturated carbocycles. The summed E-state index contributed by atoms with van der Waals surface area (Å²) in [7, 11) is -2.13. The minimum absolute atomic E-state index is 0.115. The van der Waals surface area contributed by atoms with Crippen molar-refractivity contribution < 1.29 is 8.42 Å². The second kappa shape index (κ2) is 5.82. The molecule has 0 aromatic heterocycles. The summed E-state index contributed by atoms with van der Waals surface area (Å²) in [6.45, 7) is 4.67. The molecule has 0 aliphatic rings. The number of hydrogen-bond donors (Lipinski definition) is 2. The third-order valence-electron chi connectivity index (χ3n) is 2.27. The molecule has 1 aromatic rings. The van der Waals surface area contributed by atoms with Crippen LogP contribution in [0.2, 0.25) is 5.02 Å². The van der Waals surface area contributed by atoms with Gasteiger partial charge in [0.05, 0.1) is 5.02 Å². The first kappa shape index (κ1) is 14.4. The molecule has 0 bridgehead atoms. The summed E-state index contributed by atoms with van der Waals surface area (Å²) < 4.78 is 25.7. The fourth-order valence-corrected chi connectivity index (χ4v) is 2.57. The summed E-state index contributed by atoms with van der Waals surface area (Å²) in [5.41, 5.74) is 0.886. The molecule has 0 atom stereocenters. The van der Waals surface area contributed by atoms with Crippen molar-refractivity contribution in [3.63, 3.8) is 0 Å². The van der Waals surface area contributed by atoms with Gasteiger partial charge in [-0.05, 0) is 24.7 Å². The van der Waals surface area contributed by atoms with Crippen LogP contribution in [-0.2, 0) is 16.6 Å². The summed E-state index contributed by atoms with van der Waals surface area (Å²) in [4.78, 5) is 0.115. The molecule has 17 heavy (non-hydrogen) atoms. The Morgan fingerprint density at radius 1 is 1.35 bits per heavy atom. The van der Waals surface area contributed by atoms with E-state index in [2.05, 4.69) is 10.0 Å². The normalized spacial score (nSPS) is 12.1. The van der Waals surface area contributed by atoms with Crippen molar-refractivity contribution in [1.82, 2.24) is 10.0 Å². The third-order valence-corrected chi connectivity index (χ3v) is 4.16. The first-order valence-corrected chi connectivity index (χ1v) is 7.18. The standard InChI is InChI=1S/C11H17ClN2O2S/c1-8(2)14-7-9-4-5-10(12)11(6-9)17(15,16)13-3/h4-6,8,13-14H,7H2,1-3H3. The van der Waals surface area contributed by atoms with Crippen LogP contribution < -0.4 is 10.0 Å². The monoisotopic (exact) mass is 276 g/mol. The summed E-state index contributed by atoms with van der Waals surface area (Å²) in [5, 5.41) is 3.45. The largest absolute Gasteiger partial charge is 0.310 e. The molecule has 0 aliphatic carbocycles. The minimum Gasteiger partial charge on any atom is -0.310 e. The molecule has 0 amide bonds. The molecule has 96 valence electrons.